The summed E-state index contributed by atoms with van der Waals surface area (Å²) in [7, 11) is 0. The first kappa shape index (κ1) is 12.4. The van der Waals surface area contributed by atoms with E-state index in [1.165, 1.54) is 0 Å². The third kappa shape index (κ3) is 3.22. The molecule has 2 heterocycles. The summed E-state index contributed by atoms with van der Waals surface area (Å²) < 4.78 is 7.62. The quantitative estimate of drug-likeness (QED) is 0.854. The fraction of sp³-hybridized carbons (Fsp3) is 0.769. The minimum absolute atomic E-state index is 0.422. The van der Waals surface area contributed by atoms with Crippen LogP contribution in [0.3, 0.4) is 0 Å². The van der Waals surface area contributed by atoms with Gasteiger partial charge in [-0.2, -0.15) is 0 Å². The van der Waals surface area contributed by atoms with Crippen LogP contribution in [0.4, 0.5) is 5.95 Å². The van der Waals surface area contributed by atoms with Gasteiger partial charge in [0.05, 0.1) is 6.61 Å². The van der Waals surface area contributed by atoms with E-state index in [0.717, 1.165) is 32.1 Å². The van der Waals surface area contributed by atoms with Crippen molar-refractivity contribution in [2.45, 2.75) is 39.8 Å². The van der Waals surface area contributed by atoms with Gasteiger partial charge in [-0.05, 0) is 19.3 Å². The summed E-state index contributed by atoms with van der Waals surface area (Å²) in [5, 5.41) is 3.51. The molecule has 1 aromatic heterocycles. The van der Waals surface area contributed by atoms with Crippen LogP contribution in [0, 0.1) is 11.8 Å². The molecule has 1 aliphatic heterocycles. The largest absolute Gasteiger partial charge is 0.381 e. The van der Waals surface area contributed by atoms with Crippen molar-refractivity contribution in [2.24, 2.45) is 11.8 Å². The SMILES string of the molecule is CC(C)Cn1ccnc1NC(C)C1CCOC1. The van der Waals surface area contributed by atoms with Crippen LogP contribution in [-0.2, 0) is 11.3 Å². The molecule has 0 amide bonds. The second kappa shape index (κ2) is 5.54. The molecule has 2 atom stereocenters. The maximum atomic E-state index is 5.42. The average molecular weight is 237 g/mol. The fourth-order valence-corrected chi connectivity index (χ4v) is 2.26. The summed E-state index contributed by atoms with van der Waals surface area (Å²) in [5.74, 6) is 2.23. The maximum absolute atomic E-state index is 5.42. The van der Waals surface area contributed by atoms with Crippen molar-refractivity contribution < 1.29 is 4.74 Å². The third-order valence-corrected chi connectivity index (χ3v) is 3.31. The molecule has 96 valence electrons. The maximum Gasteiger partial charge on any atom is 0.202 e. The Kier molecular flexibility index (Phi) is 4.05. The summed E-state index contributed by atoms with van der Waals surface area (Å²) in [6, 6.07) is 0.422. The van der Waals surface area contributed by atoms with Crippen LogP contribution in [0.15, 0.2) is 12.4 Å². The molecule has 2 unspecified atom stereocenters. The molecule has 1 saturated heterocycles. The second-order valence-electron chi connectivity index (χ2n) is 5.35. The molecule has 0 spiro atoms. The monoisotopic (exact) mass is 237 g/mol. The van der Waals surface area contributed by atoms with Crippen molar-refractivity contribution in [3.05, 3.63) is 12.4 Å². The number of nitrogens with one attached hydrogen (secondary N) is 1. The van der Waals surface area contributed by atoms with Gasteiger partial charge in [0.15, 0.2) is 0 Å². The van der Waals surface area contributed by atoms with Crippen LogP contribution in [0.5, 0.6) is 0 Å². The van der Waals surface area contributed by atoms with Crippen LogP contribution in [0.2, 0.25) is 0 Å². The molecule has 0 aliphatic carbocycles. The van der Waals surface area contributed by atoms with Gasteiger partial charge in [-0.1, -0.05) is 13.8 Å². The normalized spacial score (nSPS) is 22.0. The number of imidazole rings is 1. The standard InChI is InChI=1S/C13H23N3O/c1-10(2)8-16-6-5-14-13(16)15-11(3)12-4-7-17-9-12/h5-6,10-12H,4,7-9H2,1-3H3,(H,14,15). The molecule has 0 bridgehead atoms. The summed E-state index contributed by atoms with van der Waals surface area (Å²) >= 11 is 0. The van der Waals surface area contributed by atoms with E-state index in [1.54, 1.807) is 0 Å². The molecule has 1 N–H and O–H groups in total. The summed E-state index contributed by atoms with van der Waals surface area (Å²) in [6.45, 7) is 9.44. The molecule has 0 radical (unpaired) electrons. The molecule has 4 heteroatoms. The smallest absolute Gasteiger partial charge is 0.202 e. The lowest BCUT2D eigenvalue weighted by Crippen LogP contribution is -2.28. The van der Waals surface area contributed by atoms with Crippen molar-refractivity contribution in [2.75, 3.05) is 18.5 Å². The second-order valence-corrected chi connectivity index (χ2v) is 5.35. The highest BCUT2D eigenvalue weighted by molar-refractivity contribution is 5.27. The zero-order valence-electron chi connectivity index (χ0n) is 11.0. The predicted molar refractivity (Wildman–Crippen MR) is 69.1 cm³/mol. The van der Waals surface area contributed by atoms with Crippen molar-refractivity contribution in [3.63, 3.8) is 0 Å². The molecule has 1 aliphatic rings. The Morgan fingerprint density at radius 3 is 3.00 bits per heavy atom. The van der Waals surface area contributed by atoms with Gasteiger partial charge >= 0.3 is 0 Å². The lowest BCUT2D eigenvalue weighted by atomic mass is 10.0. The van der Waals surface area contributed by atoms with Gasteiger partial charge in [0.25, 0.3) is 0 Å². The van der Waals surface area contributed by atoms with Gasteiger partial charge in [-0.25, -0.2) is 4.98 Å². The highest BCUT2D eigenvalue weighted by Gasteiger charge is 2.23. The molecular weight excluding hydrogens is 214 g/mol. The number of rotatable bonds is 5. The lowest BCUT2D eigenvalue weighted by Gasteiger charge is -2.21. The Hall–Kier alpha value is -1.03. The molecule has 1 fully saturated rings. The van der Waals surface area contributed by atoms with Crippen LogP contribution in [0.25, 0.3) is 0 Å². The van der Waals surface area contributed by atoms with E-state index < -0.39 is 0 Å². The Labute approximate surface area is 103 Å². The minimum Gasteiger partial charge on any atom is -0.381 e. The number of aromatic nitrogens is 2. The molecule has 4 nitrogen and oxygen atoms in total. The van der Waals surface area contributed by atoms with Gasteiger partial charge in [-0.3, -0.25) is 0 Å². The van der Waals surface area contributed by atoms with Crippen molar-refractivity contribution >= 4 is 5.95 Å². The number of ether oxygens (including phenoxy) is 1. The first-order valence-corrected chi connectivity index (χ1v) is 6.52. The molecule has 1 aromatic rings. The predicted octanol–water partition coefficient (Wildman–Crippen LogP) is 2.38. The molecule has 0 aromatic carbocycles. The van der Waals surface area contributed by atoms with Gasteiger partial charge in [0.1, 0.15) is 0 Å². The van der Waals surface area contributed by atoms with Gasteiger partial charge in [0.2, 0.25) is 5.95 Å². The topological polar surface area (TPSA) is 39.1 Å². The first-order valence-electron chi connectivity index (χ1n) is 6.52. The van der Waals surface area contributed by atoms with Gasteiger partial charge in [0, 0.05) is 37.5 Å². The number of hydrogen-bond donors (Lipinski definition) is 1. The van der Waals surface area contributed by atoms with E-state index in [2.05, 4.69) is 35.6 Å². The number of anilines is 1. The highest BCUT2D eigenvalue weighted by Crippen LogP contribution is 2.20. The summed E-state index contributed by atoms with van der Waals surface area (Å²) in [4.78, 5) is 4.39. The van der Waals surface area contributed by atoms with Crippen molar-refractivity contribution in [1.82, 2.24) is 9.55 Å². The van der Waals surface area contributed by atoms with Gasteiger partial charge < -0.3 is 14.6 Å². The van der Waals surface area contributed by atoms with E-state index >= 15 is 0 Å². The van der Waals surface area contributed by atoms with E-state index in [0.29, 0.717) is 17.9 Å². The average Bonchev–Trinajstić information content (AvgIpc) is 2.89. The lowest BCUT2D eigenvalue weighted by molar-refractivity contribution is 0.183. The van der Waals surface area contributed by atoms with E-state index in [-0.39, 0.29) is 0 Å². The van der Waals surface area contributed by atoms with Crippen LogP contribution in [0.1, 0.15) is 27.2 Å². The Balaban J connectivity index is 1.95. The van der Waals surface area contributed by atoms with Crippen molar-refractivity contribution in [1.29, 1.82) is 0 Å². The summed E-state index contributed by atoms with van der Waals surface area (Å²) in [6.07, 6.45) is 5.06. The van der Waals surface area contributed by atoms with E-state index in [1.807, 2.05) is 12.4 Å². The van der Waals surface area contributed by atoms with Crippen LogP contribution < -0.4 is 5.32 Å². The number of hydrogen-bond acceptors (Lipinski definition) is 3. The van der Waals surface area contributed by atoms with Gasteiger partial charge in [-0.15, -0.1) is 0 Å². The highest BCUT2D eigenvalue weighted by atomic mass is 16.5. The van der Waals surface area contributed by atoms with E-state index in [9.17, 15) is 0 Å². The zero-order chi connectivity index (χ0) is 12.3. The first-order chi connectivity index (χ1) is 8.16. The summed E-state index contributed by atoms with van der Waals surface area (Å²) in [5.41, 5.74) is 0. The molecule has 0 saturated carbocycles. The van der Waals surface area contributed by atoms with E-state index in [4.69, 9.17) is 4.74 Å². The Morgan fingerprint density at radius 1 is 1.53 bits per heavy atom. The molecule has 17 heavy (non-hydrogen) atoms. The fourth-order valence-electron chi connectivity index (χ4n) is 2.26. The molecular formula is C13H23N3O. The third-order valence-electron chi connectivity index (χ3n) is 3.31. The van der Waals surface area contributed by atoms with Crippen LogP contribution in [-0.4, -0.2) is 28.8 Å². The minimum atomic E-state index is 0.422. The van der Waals surface area contributed by atoms with Crippen molar-refractivity contribution in [3.8, 4) is 0 Å². The molecule has 2 rings (SSSR count). The number of nitrogens with zero attached hydrogens (tertiary/aromatic N) is 2. The zero-order valence-corrected chi connectivity index (χ0v) is 11.0. The van der Waals surface area contributed by atoms with Crippen LogP contribution >= 0.6 is 0 Å². The Morgan fingerprint density at radius 2 is 2.35 bits per heavy atom. The Bertz CT molecular complexity index is 342.